The summed E-state index contributed by atoms with van der Waals surface area (Å²) in [5.74, 6) is 1.00. The van der Waals surface area contributed by atoms with Crippen LogP contribution in [-0.2, 0) is 19.6 Å². The Morgan fingerprint density at radius 1 is 1.06 bits per heavy atom. The van der Waals surface area contributed by atoms with Gasteiger partial charge in [-0.05, 0) is 37.4 Å². The highest BCUT2D eigenvalue weighted by Gasteiger charge is 2.06. The smallest absolute Gasteiger partial charge is 0.117 e. The van der Waals surface area contributed by atoms with Crippen molar-refractivity contribution in [3.05, 3.63) is 59.5 Å². The highest BCUT2D eigenvalue weighted by Crippen LogP contribution is 2.13. The molecule has 0 saturated carbocycles. The van der Waals surface area contributed by atoms with Gasteiger partial charge in [-0.3, -0.25) is 4.90 Å². The predicted molar refractivity (Wildman–Crippen MR) is 73.1 cm³/mol. The van der Waals surface area contributed by atoms with Gasteiger partial charge in [-0.15, -0.1) is 0 Å². The van der Waals surface area contributed by atoms with Crippen LogP contribution in [0.1, 0.15) is 16.9 Å². The SMILES string of the molecule is CNCc1ccccc1CN(C)Cc1ccco1. The highest BCUT2D eigenvalue weighted by molar-refractivity contribution is 5.26. The van der Waals surface area contributed by atoms with Gasteiger partial charge in [-0.1, -0.05) is 24.3 Å². The van der Waals surface area contributed by atoms with Crippen LogP contribution >= 0.6 is 0 Å². The molecule has 0 radical (unpaired) electrons. The predicted octanol–water partition coefficient (Wildman–Crippen LogP) is 2.63. The number of nitrogens with one attached hydrogen (secondary N) is 1. The van der Waals surface area contributed by atoms with Crippen molar-refractivity contribution in [3.8, 4) is 0 Å². The van der Waals surface area contributed by atoms with Crippen molar-refractivity contribution in [2.75, 3.05) is 14.1 Å². The van der Waals surface area contributed by atoms with Gasteiger partial charge in [-0.25, -0.2) is 0 Å². The van der Waals surface area contributed by atoms with Crippen LogP contribution in [-0.4, -0.2) is 19.0 Å². The largest absolute Gasteiger partial charge is 0.468 e. The number of furan rings is 1. The maximum absolute atomic E-state index is 5.37. The summed E-state index contributed by atoms with van der Waals surface area (Å²) in [5, 5.41) is 3.21. The second-order valence-electron chi connectivity index (χ2n) is 4.55. The molecule has 2 aromatic rings. The first-order valence-electron chi connectivity index (χ1n) is 6.22. The third kappa shape index (κ3) is 3.45. The molecule has 0 bridgehead atoms. The van der Waals surface area contributed by atoms with E-state index in [4.69, 9.17) is 4.42 Å². The van der Waals surface area contributed by atoms with Crippen molar-refractivity contribution in [2.24, 2.45) is 0 Å². The average Bonchev–Trinajstić information content (AvgIpc) is 2.84. The third-order valence-electron chi connectivity index (χ3n) is 2.93. The normalized spacial score (nSPS) is 11.1. The van der Waals surface area contributed by atoms with Crippen LogP contribution in [0.25, 0.3) is 0 Å². The molecule has 0 fully saturated rings. The second kappa shape index (κ2) is 6.38. The van der Waals surface area contributed by atoms with E-state index in [9.17, 15) is 0 Å². The highest BCUT2D eigenvalue weighted by atomic mass is 16.3. The van der Waals surface area contributed by atoms with Crippen molar-refractivity contribution >= 4 is 0 Å². The Balaban J connectivity index is 2.00. The minimum Gasteiger partial charge on any atom is -0.468 e. The fourth-order valence-electron chi connectivity index (χ4n) is 2.09. The maximum Gasteiger partial charge on any atom is 0.117 e. The van der Waals surface area contributed by atoms with Crippen LogP contribution < -0.4 is 5.32 Å². The number of nitrogens with zero attached hydrogens (tertiary/aromatic N) is 1. The molecule has 3 nitrogen and oxygen atoms in total. The van der Waals surface area contributed by atoms with E-state index in [1.54, 1.807) is 6.26 Å². The zero-order chi connectivity index (χ0) is 12.8. The summed E-state index contributed by atoms with van der Waals surface area (Å²) < 4.78 is 5.37. The van der Waals surface area contributed by atoms with E-state index in [0.29, 0.717) is 0 Å². The molecule has 1 N–H and O–H groups in total. The van der Waals surface area contributed by atoms with Gasteiger partial charge in [-0.2, -0.15) is 0 Å². The molecule has 96 valence electrons. The van der Waals surface area contributed by atoms with E-state index in [0.717, 1.165) is 25.4 Å². The molecule has 0 aliphatic carbocycles. The van der Waals surface area contributed by atoms with Crippen LogP contribution in [0.2, 0.25) is 0 Å². The first-order chi connectivity index (χ1) is 8.79. The maximum atomic E-state index is 5.37. The fourth-order valence-corrected chi connectivity index (χ4v) is 2.09. The first-order valence-corrected chi connectivity index (χ1v) is 6.22. The van der Waals surface area contributed by atoms with E-state index < -0.39 is 0 Å². The molecule has 0 amide bonds. The Morgan fingerprint density at radius 3 is 2.50 bits per heavy atom. The summed E-state index contributed by atoms with van der Waals surface area (Å²) in [4.78, 5) is 2.26. The standard InChI is InChI=1S/C15H20N2O/c1-16-10-13-6-3-4-7-14(13)11-17(2)12-15-8-5-9-18-15/h3-9,16H,10-12H2,1-2H3. The van der Waals surface area contributed by atoms with Crippen molar-refractivity contribution in [1.82, 2.24) is 10.2 Å². The lowest BCUT2D eigenvalue weighted by Crippen LogP contribution is -2.19. The van der Waals surface area contributed by atoms with Gasteiger partial charge in [0.05, 0.1) is 12.8 Å². The topological polar surface area (TPSA) is 28.4 Å². The quantitative estimate of drug-likeness (QED) is 0.846. The zero-order valence-corrected chi connectivity index (χ0v) is 11.0. The minimum atomic E-state index is 0.834. The Morgan fingerprint density at radius 2 is 1.83 bits per heavy atom. The van der Waals surface area contributed by atoms with E-state index in [2.05, 4.69) is 41.5 Å². The van der Waals surface area contributed by atoms with Crippen molar-refractivity contribution in [1.29, 1.82) is 0 Å². The molecule has 0 unspecified atom stereocenters. The second-order valence-corrected chi connectivity index (χ2v) is 4.55. The van der Waals surface area contributed by atoms with Gasteiger partial charge in [0, 0.05) is 13.1 Å². The van der Waals surface area contributed by atoms with Crippen molar-refractivity contribution < 1.29 is 4.42 Å². The van der Waals surface area contributed by atoms with Gasteiger partial charge in [0.25, 0.3) is 0 Å². The third-order valence-corrected chi connectivity index (χ3v) is 2.93. The lowest BCUT2D eigenvalue weighted by Gasteiger charge is -2.17. The number of rotatable bonds is 6. The van der Waals surface area contributed by atoms with E-state index in [-0.39, 0.29) is 0 Å². The summed E-state index contributed by atoms with van der Waals surface area (Å²) in [5.41, 5.74) is 2.72. The molecule has 0 aliphatic heterocycles. The average molecular weight is 244 g/mol. The van der Waals surface area contributed by atoms with E-state index >= 15 is 0 Å². The van der Waals surface area contributed by atoms with Gasteiger partial charge in [0.2, 0.25) is 0 Å². The summed E-state index contributed by atoms with van der Waals surface area (Å²) in [6, 6.07) is 12.5. The zero-order valence-electron chi connectivity index (χ0n) is 11.0. The van der Waals surface area contributed by atoms with Crippen LogP contribution in [0.4, 0.5) is 0 Å². The minimum absolute atomic E-state index is 0.834. The monoisotopic (exact) mass is 244 g/mol. The molecule has 1 heterocycles. The van der Waals surface area contributed by atoms with E-state index in [1.807, 2.05) is 19.2 Å². The molecule has 0 saturated heterocycles. The molecule has 3 heteroatoms. The molecule has 1 aromatic carbocycles. The summed E-state index contributed by atoms with van der Waals surface area (Å²) >= 11 is 0. The number of benzene rings is 1. The summed E-state index contributed by atoms with van der Waals surface area (Å²) in [7, 11) is 4.09. The molecule has 0 aliphatic rings. The van der Waals surface area contributed by atoms with Crippen molar-refractivity contribution in [2.45, 2.75) is 19.6 Å². The number of hydrogen-bond acceptors (Lipinski definition) is 3. The Hall–Kier alpha value is -1.58. The van der Waals surface area contributed by atoms with E-state index in [1.165, 1.54) is 11.1 Å². The van der Waals surface area contributed by atoms with Gasteiger partial charge in [0.1, 0.15) is 5.76 Å². The lowest BCUT2D eigenvalue weighted by molar-refractivity contribution is 0.287. The number of hydrogen-bond donors (Lipinski definition) is 1. The molecule has 1 aromatic heterocycles. The first kappa shape index (κ1) is 12.9. The van der Waals surface area contributed by atoms with Gasteiger partial charge in [0.15, 0.2) is 0 Å². The molecule has 18 heavy (non-hydrogen) atoms. The summed E-state index contributed by atoms with van der Waals surface area (Å²) in [6.07, 6.45) is 1.72. The van der Waals surface area contributed by atoms with Gasteiger partial charge < -0.3 is 9.73 Å². The molecule has 0 spiro atoms. The fraction of sp³-hybridized carbons (Fsp3) is 0.333. The van der Waals surface area contributed by atoms with Crippen LogP contribution in [0, 0.1) is 0 Å². The summed E-state index contributed by atoms with van der Waals surface area (Å²) in [6.45, 7) is 2.67. The lowest BCUT2D eigenvalue weighted by atomic mass is 10.1. The van der Waals surface area contributed by atoms with Gasteiger partial charge >= 0.3 is 0 Å². The van der Waals surface area contributed by atoms with Crippen LogP contribution in [0.5, 0.6) is 0 Å². The Bertz CT molecular complexity index is 465. The Kier molecular flexibility index (Phi) is 4.56. The van der Waals surface area contributed by atoms with Crippen molar-refractivity contribution in [3.63, 3.8) is 0 Å². The Labute approximate surface area is 108 Å². The van der Waals surface area contributed by atoms with Crippen LogP contribution in [0.3, 0.4) is 0 Å². The molecule has 0 atom stereocenters. The molecular formula is C15H20N2O. The molecular weight excluding hydrogens is 224 g/mol. The molecule has 2 rings (SSSR count). The van der Waals surface area contributed by atoms with Crippen LogP contribution in [0.15, 0.2) is 47.1 Å².